The molecule has 1 aliphatic heterocycles. The molecule has 0 saturated carbocycles. The number of hydrogen-bond acceptors (Lipinski definition) is 5. The standard InChI is InChI=1S/C15H16BFN2O3/c17-15-12(11-3-1-2-4-13(11)16(20)21)5-6-14(18-15)19-7-9-22-10-8-19/h1-6,20-21H,7-10H2. The van der Waals surface area contributed by atoms with Gasteiger partial charge in [0.2, 0.25) is 5.95 Å². The fraction of sp³-hybridized carbons (Fsp3) is 0.267. The molecule has 3 rings (SSSR count). The second-order valence-electron chi connectivity index (χ2n) is 5.07. The van der Waals surface area contributed by atoms with E-state index in [4.69, 9.17) is 4.74 Å². The Morgan fingerprint density at radius 3 is 2.45 bits per heavy atom. The first-order valence-electron chi connectivity index (χ1n) is 7.11. The van der Waals surface area contributed by atoms with Crippen molar-refractivity contribution in [1.82, 2.24) is 4.98 Å². The largest absolute Gasteiger partial charge is 0.489 e. The fourth-order valence-electron chi connectivity index (χ4n) is 2.56. The number of hydrogen-bond donors (Lipinski definition) is 2. The monoisotopic (exact) mass is 302 g/mol. The van der Waals surface area contributed by atoms with Crippen molar-refractivity contribution in [3.05, 3.63) is 42.3 Å². The van der Waals surface area contributed by atoms with Gasteiger partial charge in [0.1, 0.15) is 5.82 Å². The van der Waals surface area contributed by atoms with Crippen LogP contribution in [-0.4, -0.2) is 48.5 Å². The van der Waals surface area contributed by atoms with Gasteiger partial charge < -0.3 is 19.7 Å². The summed E-state index contributed by atoms with van der Waals surface area (Å²) in [4.78, 5) is 5.98. The molecule has 22 heavy (non-hydrogen) atoms. The van der Waals surface area contributed by atoms with Crippen molar-refractivity contribution in [2.24, 2.45) is 0 Å². The van der Waals surface area contributed by atoms with Crippen LogP contribution in [0, 0.1) is 5.95 Å². The third-order valence-corrected chi connectivity index (χ3v) is 3.70. The van der Waals surface area contributed by atoms with Crippen molar-refractivity contribution in [3.8, 4) is 11.1 Å². The van der Waals surface area contributed by atoms with Crippen molar-refractivity contribution in [1.29, 1.82) is 0 Å². The third kappa shape index (κ3) is 2.97. The molecule has 0 amide bonds. The second kappa shape index (κ2) is 6.43. The summed E-state index contributed by atoms with van der Waals surface area (Å²) in [6.45, 7) is 2.56. The lowest BCUT2D eigenvalue weighted by Crippen LogP contribution is -2.37. The quantitative estimate of drug-likeness (QED) is 0.635. The number of benzene rings is 1. The van der Waals surface area contributed by atoms with Gasteiger partial charge in [0.25, 0.3) is 0 Å². The van der Waals surface area contributed by atoms with E-state index >= 15 is 0 Å². The summed E-state index contributed by atoms with van der Waals surface area (Å²) in [5, 5.41) is 18.8. The highest BCUT2D eigenvalue weighted by atomic mass is 19.1. The molecule has 2 aromatic rings. The molecule has 1 saturated heterocycles. The maximum absolute atomic E-state index is 14.4. The van der Waals surface area contributed by atoms with Crippen molar-refractivity contribution in [2.75, 3.05) is 31.2 Å². The van der Waals surface area contributed by atoms with Crippen molar-refractivity contribution in [3.63, 3.8) is 0 Å². The zero-order chi connectivity index (χ0) is 15.5. The lowest BCUT2D eigenvalue weighted by Gasteiger charge is -2.28. The van der Waals surface area contributed by atoms with Gasteiger partial charge in [0.05, 0.1) is 13.2 Å². The predicted molar refractivity (Wildman–Crippen MR) is 82.5 cm³/mol. The van der Waals surface area contributed by atoms with Crippen LogP contribution in [0.4, 0.5) is 10.2 Å². The van der Waals surface area contributed by atoms with Crippen LogP contribution in [0.15, 0.2) is 36.4 Å². The van der Waals surface area contributed by atoms with E-state index in [1.807, 2.05) is 4.90 Å². The first kappa shape index (κ1) is 15.0. The zero-order valence-electron chi connectivity index (χ0n) is 11.9. The van der Waals surface area contributed by atoms with E-state index in [0.717, 1.165) is 0 Å². The van der Waals surface area contributed by atoms with Gasteiger partial charge in [-0.2, -0.15) is 4.39 Å². The number of morpholine rings is 1. The lowest BCUT2D eigenvalue weighted by atomic mass is 9.75. The molecule has 0 bridgehead atoms. The Morgan fingerprint density at radius 2 is 1.77 bits per heavy atom. The van der Waals surface area contributed by atoms with E-state index in [1.54, 1.807) is 36.4 Å². The summed E-state index contributed by atoms with van der Waals surface area (Å²) >= 11 is 0. The molecule has 7 heteroatoms. The Hall–Kier alpha value is -1.96. The highest BCUT2D eigenvalue weighted by Gasteiger charge is 2.20. The Balaban J connectivity index is 1.96. The number of nitrogens with zero attached hydrogens (tertiary/aromatic N) is 2. The fourth-order valence-corrected chi connectivity index (χ4v) is 2.56. The van der Waals surface area contributed by atoms with Gasteiger partial charge in [-0.3, -0.25) is 0 Å². The molecule has 1 aromatic heterocycles. The van der Waals surface area contributed by atoms with E-state index in [2.05, 4.69) is 4.98 Å². The van der Waals surface area contributed by atoms with Gasteiger partial charge >= 0.3 is 7.12 Å². The molecule has 1 aromatic carbocycles. The number of anilines is 1. The van der Waals surface area contributed by atoms with Gasteiger partial charge in [-0.05, 0) is 23.2 Å². The molecule has 114 valence electrons. The molecule has 0 atom stereocenters. The molecule has 2 heterocycles. The lowest BCUT2D eigenvalue weighted by molar-refractivity contribution is 0.122. The normalized spacial score (nSPS) is 15.0. The summed E-state index contributed by atoms with van der Waals surface area (Å²) in [5.41, 5.74) is 0.930. The molecule has 1 aliphatic rings. The minimum Gasteiger partial charge on any atom is -0.423 e. The van der Waals surface area contributed by atoms with Crippen molar-refractivity contribution >= 4 is 18.4 Å². The van der Waals surface area contributed by atoms with Gasteiger partial charge in [0, 0.05) is 18.7 Å². The third-order valence-electron chi connectivity index (χ3n) is 3.70. The second-order valence-corrected chi connectivity index (χ2v) is 5.07. The summed E-state index contributed by atoms with van der Waals surface area (Å²) in [6, 6.07) is 9.94. The molecule has 2 N–H and O–H groups in total. The van der Waals surface area contributed by atoms with Gasteiger partial charge in [-0.15, -0.1) is 0 Å². The van der Waals surface area contributed by atoms with Crippen LogP contribution in [0.5, 0.6) is 0 Å². The van der Waals surface area contributed by atoms with Crippen LogP contribution in [0.2, 0.25) is 0 Å². The van der Waals surface area contributed by atoms with Crippen LogP contribution in [0.25, 0.3) is 11.1 Å². The Kier molecular flexibility index (Phi) is 4.38. The number of rotatable bonds is 3. The van der Waals surface area contributed by atoms with Crippen LogP contribution < -0.4 is 10.4 Å². The van der Waals surface area contributed by atoms with E-state index in [9.17, 15) is 14.4 Å². The molecular formula is C15H16BFN2O3. The maximum atomic E-state index is 14.4. The number of halogens is 1. The number of ether oxygens (including phenoxy) is 1. The Labute approximate surface area is 128 Å². The van der Waals surface area contributed by atoms with Crippen molar-refractivity contribution in [2.45, 2.75) is 0 Å². The predicted octanol–water partition coefficient (Wildman–Crippen LogP) is 0.404. The highest BCUT2D eigenvalue weighted by molar-refractivity contribution is 6.60. The summed E-state index contributed by atoms with van der Waals surface area (Å²) in [6.07, 6.45) is 0. The zero-order valence-corrected chi connectivity index (χ0v) is 11.9. The average molecular weight is 302 g/mol. The minimum absolute atomic E-state index is 0.251. The highest BCUT2D eigenvalue weighted by Crippen LogP contribution is 2.23. The van der Waals surface area contributed by atoms with E-state index in [1.165, 1.54) is 0 Å². The first-order valence-corrected chi connectivity index (χ1v) is 7.11. The van der Waals surface area contributed by atoms with Gasteiger partial charge in [-0.25, -0.2) is 4.98 Å². The van der Waals surface area contributed by atoms with E-state index in [-0.39, 0.29) is 11.0 Å². The summed E-state index contributed by atoms with van der Waals surface area (Å²) in [5.74, 6) is -0.0660. The minimum atomic E-state index is -1.66. The van der Waals surface area contributed by atoms with Crippen molar-refractivity contribution < 1.29 is 19.2 Å². The summed E-state index contributed by atoms with van der Waals surface area (Å²) < 4.78 is 19.7. The van der Waals surface area contributed by atoms with Gasteiger partial charge in [-0.1, -0.05) is 24.3 Å². The van der Waals surface area contributed by atoms with E-state index in [0.29, 0.717) is 37.7 Å². The van der Waals surface area contributed by atoms with Crippen LogP contribution in [0.1, 0.15) is 0 Å². The molecule has 0 radical (unpaired) electrons. The SMILES string of the molecule is OB(O)c1ccccc1-c1ccc(N2CCOCC2)nc1F. The number of pyridine rings is 1. The van der Waals surface area contributed by atoms with E-state index < -0.39 is 13.1 Å². The molecular weight excluding hydrogens is 286 g/mol. The molecule has 1 fully saturated rings. The molecule has 5 nitrogen and oxygen atoms in total. The summed E-state index contributed by atoms with van der Waals surface area (Å²) in [7, 11) is -1.66. The Bertz CT molecular complexity index is 663. The van der Waals surface area contributed by atoms with Crippen LogP contribution in [0.3, 0.4) is 0 Å². The van der Waals surface area contributed by atoms with Crippen LogP contribution in [-0.2, 0) is 4.74 Å². The smallest absolute Gasteiger partial charge is 0.423 e. The molecule has 0 unspecified atom stereocenters. The topological polar surface area (TPSA) is 65.8 Å². The maximum Gasteiger partial charge on any atom is 0.489 e. The molecule has 0 aliphatic carbocycles. The average Bonchev–Trinajstić information content (AvgIpc) is 2.55. The van der Waals surface area contributed by atoms with Crippen LogP contribution >= 0.6 is 0 Å². The van der Waals surface area contributed by atoms with Gasteiger partial charge in [0.15, 0.2) is 0 Å². The number of aromatic nitrogens is 1. The Morgan fingerprint density at radius 1 is 1.05 bits per heavy atom. The first-order chi connectivity index (χ1) is 10.7. The molecule has 0 spiro atoms.